The first-order valence-electron chi connectivity index (χ1n) is 24.4. The van der Waals surface area contributed by atoms with E-state index in [1.54, 1.807) is 0 Å². The predicted molar refractivity (Wildman–Crippen MR) is 238 cm³/mol. The zero-order valence-corrected chi connectivity index (χ0v) is 37.4. The molecule has 0 heterocycles. The van der Waals surface area contributed by atoms with Gasteiger partial charge in [0.2, 0.25) is 0 Å². The second-order valence-electron chi connectivity index (χ2n) is 16.7. The molecule has 0 bridgehead atoms. The van der Waals surface area contributed by atoms with Crippen molar-refractivity contribution in [3.05, 3.63) is 24.3 Å². The zero-order valence-electron chi connectivity index (χ0n) is 37.4. The van der Waals surface area contributed by atoms with E-state index in [1.165, 1.54) is 223 Å². The number of unbranched alkanes of at least 4 members (excludes halogenated alkanes) is 28. The number of hydrogen-bond acceptors (Lipinski definition) is 2. The molecule has 0 aromatic heterocycles. The lowest BCUT2D eigenvalue weighted by molar-refractivity contribution is -0.929. The van der Waals surface area contributed by atoms with Crippen molar-refractivity contribution in [2.45, 2.75) is 266 Å². The number of carboxylic acids is 1. The molecule has 0 aliphatic rings. The Balaban J connectivity index is 0. The van der Waals surface area contributed by atoms with E-state index in [0.29, 0.717) is 0 Å². The summed E-state index contributed by atoms with van der Waals surface area (Å²) in [5, 5.41) is 10.2. The summed E-state index contributed by atoms with van der Waals surface area (Å²) in [7, 11) is 0. The predicted octanol–water partition coefficient (Wildman–Crippen LogP) is 15.8. The van der Waals surface area contributed by atoms with Gasteiger partial charge in [0.05, 0.1) is 26.2 Å². The molecule has 0 saturated heterocycles. The SMILES string of the molecule is CCCCC/C=C\C/C=C\CCCCCCCC(=O)[O-].CCCCCCCC[N+](CCCCCCCC)(CCCCCCCC)CCCCCCCC. The fourth-order valence-electron chi connectivity index (χ4n) is 7.66. The number of nitrogens with zero attached hydrogens (tertiary/aromatic N) is 1. The molecule has 53 heavy (non-hydrogen) atoms. The van der Waals surface area contributed by atoms with E-state index in [9.17, 15) is 9.90 Å². The van der Waals surface area contributed by atoms with Crippen LogP contribution >= 0.6 is 0 Å². The number of carboxylic acid groups (broad SMARTS) is 1. The third kappa shape index (κ3) is 45.2. The van der Waals surface area contributed by atoms with E-state index in [-0.39, 0.29) is 6.42 Å². The summed E-state index contributed by atoms with van der Waals surface area (Å²) < 4.78 is 1.48. The Kier molecular flexibility index (Phi) is 48.0. The van der Waals surface area contributed by atoms with Crippen molar-refractivity contribution in [2.75, 3.05) is 26.2 Å². The molecular weight excluding hydrogens is 647 g/mol. The van der Waals surface area contributed by atoms with Crippen LogP contribution in [0.1, 0.15) is 266 Å². The first-order valence-corrected chi connectivity index (χ1v) is 24.4. The van der Waals surface area contributed by atoms with Gasteiger partial charge in [-0.15, -0.1) is 0 Å². The summed E-state index contributed by atoms with van der Waals surface area (Å²) >= 11 is 0. The van der Waals surface area contributed by atoms with E-state index in [0.717, 1.165) is 32.1 Å². The maximum atomic E-state index is 10.2. The highest BCUT2D eigenvalue weighted by Crippen LogP contribution is 2.21. The van der Waals surface area contributed by atoms with Gasteiger partial charge < -0.3 is 14.4 Å². The van der Waals surface area contributed by atoms with Crippen molar-refractivity contribution < 1.29 is 14.4 Å². The summed E-state index contributed by atoms with van der Waals surface area (Å²) in [6.07, 6.45) is 56.7. The minimum absolute atomic E-state index is 0.213. The lowest BCUT2D eigenvalue weighted by Crippen LogP contribution is -2.50. The van der Waals surface area contributed by atoms with E-state index in [4.69, 9.17) is 0 Å². The number of hydrogen-bond donors (Lipinski definition) is 0. The number of carbonyl (C=O) groups excluding carboxylic acids is 1. The molecule has 0 atom stereocenters. The van der Waals surface area contributed by atoms with Crippen LogP contribution in [0.2, 0.25) is 0 Å². The summed E-state index contributed by atoms with van der Waals surface area (Å²) in [6.45, 7) is 17.5. The Morgan fingerprint density at radius 1 is 0.358 bits per heavy atom. The van der Waals surface area contributed by atoms with Gasteiger partial charge in [0.15, 0.2) is 0 Å². The van der Waals surface area contributed by atoms with Crippen LogP contribution in [0.15, 0.2) is 24.3 Å². The zero-order chi connectivity index (χ0) is 39.2. The van der Waals surface area contributed by atoms with Gasteiger partial charge in [-0.3, -0.25) is 0 Å². The van der Waals surface area contributed by atoms with E-state index in [2.05, 4.69) is 58.9 Å². The maximum absolute atomic E-state index is 10.2. The third-order valence-electron chi connectivity index (χ3n) is 11.3. The van der Waals surface area contributed by atoms with Gasteiger partial charge in [0, 0.05) is 5.97 Å². The fraction of sp³-hybridized carbons (Fsp3) is 0.900. The van der Waals surface area contributed by atoms with Crippen LogP contribution in [-0.4, -0.2) is 36.6 Å². The average Bonchev–Trinajstić information content (AvgIpc) is 3.15. The highest BCUT2D eigenvalue weighted by atomic mass is 16.4. The van der Waals surface area contributed by atoms with Crippen molar-refractivity contribution in [1.82, 2.24) is 0 Å². The third-order valence-corrected chi connectivity index (χ3v) is 11.3. The highest BCUT2D eigenvalue weighted by Gasteiger charge is 2.25. The van der Waals surface area contributed by atoms with E-state index < -0.39 is 5.97 Å². The normalized spacial score (nSPS) is 11.9. The van der Waals surface area contributed by atoms with Crippen molar-refractivity contribution in [3.8, 4) is 0 Å². The van der Waals surface area contributed by atoms with Gasteiger partial charge in [0.25, 0.3) is 0 Å². The molecule has 0 spiro atoms. The number of quaternary nitrogens is 1. The Hall–Kier alpha value is -1.09. The van der Waals surface area contributed by atoms with Crippen LogP contribution in [0, 0.1) is 0 Å². The largest absolute Gasteiger partial charge is 0.550 e. The summed E-state index contributed by atoms with van der Waals surface area (Å²) in [5.74, 6) is -0.921. The van der Waals surface area contributed by atoms with Gasteiger partial charge in [-0.2, -0.15) is 0 Å². The lowest BCUT2D eigenvalue weighted by atomic mass is 10.0. The highest BCUT2D eigenvalue weighted by molar-refractivity contribution is 5.64. The molecule has 0 N–H and O–H groups in total. The summed E-state index contributed by atoms with van der Waals surface area (Å²) in [4.78, 5) is 10.2. The first-order chi connectivity index (χ1) is 26.0. The molecular formula is C50H99NO2. The second-order valence-corrected chi connectivity index (χ2v) is 16.7. The van der Waals surface area contributed by atoms with Crippen molar-refractivity contribution >= 4 is 5.97 Å². The van der Waals surface area contributed by atoms with Crippen molar-refractivity contribution in [1.29, 1.82) is 0 Å². The van der Waals surface area contributed by atoms with Gasteiger partial charge in [-0.25, -0.2) is 0 Å². The molecule has 316 valence electrons. The van der Waals surface area contributed by atoms with Crippen LogP contribution in [-0.2, 0) is 4.79 Å². The lowest BCUT2D eigenvalue weighted by Gasteiger charge is -2.40. The van der Waals surface area contributed by atoms with E-state index >= 15 is 0 Å². The monoisotopic (exact) mass is 746 g/mol. The number of carbonyl (C=O) groups is 1. The van der Waals surface area contributed by atoms with Crippen LogP contribution in [0.5, 0.6) is 0 Å². The Bertz CT molecular complexity index is 674. The minimum Gasteiger partial charge on any atom is -0.550 e. The van der Waals surface area contributed by atoms with Gasteiger partial charge >= 0.3 is 0 Å². The van der Waals surface area contributed by atoms with Gasteiger partial charge in [0.1, 0.15) is 0 Å². The van der Waals surface area contributed by atoms with E-state index in [1.807, 2.05) is 0 Å². The Labute approximate surface area is 335 Å². The van der Waals surface area contributed by atoms with Gasteiger partial charge in [-0.05, 0) is 96.3 Å². The summed E-state index contributed by atoms with van der Waals surface area (Å²) in [6, 6.07) is 0. The second kappa shape index (κ2) is 47.1. The molecule has 0 aliphatic heterocycles. The Morgan fingerprint density at radius 3 is 0.962 bits per heavy atom. The summed E-state index contributed by atoms with van der Waals surface area (Å²) in [5.41, 5.74) is 0. The molecule has 0 aromatic rings. The van der Waals surface area contributed by atoms with Crippen molar-refractivity contribution in [2.24, 2.45) is 0 Å². The average molecular weight is 746 g/mol. The quantitative estimate of drug-likeness (QED) is 0.0355. The first kappa shape index (κ1) is 54.0. The fourth-order valence-corrected chi connectivity index (χ4v) is 7.66. The van der Waals surface area contributed by atoms with Crippen LogP contribution < -0.4 is 5.11 Å². The minimum atomic E-state index is -0.921. The van der Waals surface area contributed by atoms with Crippen LogP contribution in [0.25, 0.3) is 0 Å². The molecule has 0 amide bonds. The molecule has 0 radical (unpaired) electrons. The molecule has 3 nitrogen and oxygen atoms in total. The van der Waals surface area contributed by atoms with Gasteiger partial charge in [-0.1, -0.05) is 194 Å². The molecule has 0 aromatic carbocycles. The maximum Gasteiger partial charge on any atom is 0.0786 e. The molecule has 0 unspecified atom stereocenters. The molecule has 0 rings (SSSR count). The number of aliphatic carboxylic acids is 1. The van der Waals surface area contributed by atoms with Crippen LogP contribution in [0.4, 0.5) is 0 Å². The Morgan fingerprint density at radius 2 is 0.623 bits per heavy atom. The standard InChI is InChI=1S/C32H68N.C18H32O2/c1-5-9-13-17-21-25-29-33(30-26-22-18-14-10-6-2,31-27-23-19-15-11-7-3)32-28-24-20-16-12-8-4;1-2-3-4-5-6-7-8-9-10-11-12-13-14-15-16-17-18(19)20/h5-32H2,1-4H3;6-7,9-10H,2-5,8,11-17H2,1H3,(H,19,20)/q+1;/p-1/b;7-6-,10-9-. The van der Waals surface area contributed by atoms with Crippen LogP contribution in [0.3, 0.4) is 0 Å². The molecule has 0 aliphatic carbocycles. The topological polar surface area (TPSA) is 40.1 Å². The molecule has 3 heteroatoms. The molecule has 0 saturated carbocycles. The number of rotatable bonds is 42. The number of allylic oxidation sites excluding steroid dienone is 4. The molecule has 0 fully saturated rings. The van der Waals surface area contributed by atoms with Crippen molar-refractivity contribution in [3.63, 3.8) is 0 Å². The smallest absolute Gasteiger partial charge is 0.0786 e.